The summed E-state index contributed by atoms with van der Waals surface area (Å²) in [5, 5.41) is 13.4. The molecule has 0 radical (unpaired) electrons. The number of β-amino-alcohol motifs (C(OH)–C–C–N with tert-alkyl or cyclic N) is 1. The van der Waals surface area contributed by atoms with E-state index in [0.717, 1.165) is 5.56 Å². The fourth-order valence-electron chi connectivity index (χ4n) is 5.90. The number of fused-ring (bicyclic) bond motifs is 1. The van der Waals surface area contributed by atoms with Gasteiger partial charge in [-0.3, -0.25) is 19.2 Å². The van der Waals surface area contributed by atoms with Crippen molar-refractivity contribution in [3.8, 4) is 5.75 Å². The van der Waals surface area contributed by atoms with E-state index in [2.05, 4.69) is 10.3 Å². The van der Waals surface area contributed by atoms with Crippen LogP contribution in [-0.2, 0) is 33.4 Å². The summed E-state index contributed by atoms with van der Waals surface area (Å²) >= 11 is 0. The molecule has 0 bridgehead atoms. The largest absolute Gasteiger partial charge is 0.483 e. The molecule has 2 aliphatic heterocycles. The van der Waals surface area contributed by atoms with Crippen LogP contribution in [0.5, 0.6) is 5.75 Å². The van der Waals surface area contributed by atoms with Crippen LogP contribution in [0.3, 0.4) is 0 Å². The number of ether oxygens (including phenoxy) is 4. The molecule has 0 saturated carbocycles. The first-order valence-corrected chi connectivity index (χ1v) is 16.9. The second kappa shape index (κ2) is 16.8. The number of nitrogens with zero attached hydrogens (tertiary/aromatic N) is 4. The van der Waals surface area contributed by atoms with Crippen molar-refractivity contribution >= 4 is 46.7 Å². The molecule has 0 spiro atoms. The quantitative estimate of drug-likeness (QED) is 0.253. The molecule has 278 valence electrons. The smallest absolute Gasteiger partial charge is 0.409 e. The van der Waals surface area contributed by atoms with Crippen molar-refractivity contribution in [1.29, 1.82) is 0 Å². The van der Waals surface area contributed by atoms with Crippen molar-refractivity contribution < 1.29 is 52.8 Å². The van der Waals surface area contributed by atoms with Gasteiger partial charge in [-0.05, 0) is 58.7 Å². The minimum atomic E-state index is -1.14. The van der Waals surface area contributed by atoms with Crippen molar-refractivity contribution in [3.05, 3.63) is 35.5 Å². The highest BCUT2D eigenvalue weighted by Crippen LogP contribution is 2.28. The van der Waals surface area contributed by atoms with E-state index in [-0.39, 0.29) is 70.0 Å². The SMILES string of the molecule is CCOC(=O)N1CCN(C(=O)C(CCC(=O)OC(C)(C)C)NC(=O)c2cc(OCC(=O)N3CC(O)CC3C(=O)OC)c3ccc(C)cc3n2)CC1. The number of piperazine rings is 1. The summed E-state index contributed by atoms with van der Waals surface area (Å²) < 4.78 is 21.2. The normalized spacial score (nSPS) is 18.2. The molecule has 51 heavy (non-hydrogen) atoms. The van der Waals surface area contributed by atoms with Crippen LogP contribution in [-0.4, -0.2) is 137 Å². The lowest BCUT2D eigenvalue weighted by Gasteiger charge is -2.36. The predicted octanol–water partition coefficient (Wildman–Crippen LogP) is 1.58. The molecule has 1 aromatic heterocycles. The number of aliphatic hydroxyl groups excluding tert-OH is 1. The topological polar surface area (TPSA) is 194 Å². The molecule has 2 aliphatic rings. The zero-order valence-electron chi connectivity index (χ0n) is 29.9. The van der Waals surface area contributed by atoms with Gasteiger partial charge in [0.2, 0.25) is 5.91 Å². The van der Waals surface area contributed by atoms with Crippen molar-refractivity contribution in [2.75, 3.05) is 53.0 Å². The number of benzene rings is 1. The van der Waals surface area contributed by atoms with Crippen LogP contribution >= 0.6 is 0 Å². The van der Waals surface area contributed by atoms with E-state index in [4.69, 9.17) is 18.9 Å². The van der Waals surface area contributed by atoms with Crippen molar-refractivity contribution in [2.24, 2.45) is 0 Å². The molecule has 3 heterocycles. The van der Waals surface area contributed by atoms with E-state index in [1.54, 1.807) is 39.8 Å². The number of amides is 4. The number of carbonyl (C=O) groups is 6. The zero-order chi connectivity index (χ0) is 37.5. The average molecular weight is 714 g/mol. The van der Waals surface area contributed by atoms with Crippen molar-refractivity contribution in [1.82, 2.24) is 25.0 Å². The maximum atomic E-state index is 13.8. The van der Waals surface area contributed by atoms with E-state index in [0.29, 0.717) is 10.9 Å². The van der Waals surface area contributed by atoms with E-state index < -0.39 is 66.1 Å². The van der Waals surface area contributed by atoms with Crippen LogP contribution < -0.4 is 10.1 Å². The van der Waals surface area contributed by atoms with Crippen LogP contribution in [0.4, 0.5) is 4.79 Å². The Morgan fingerprint density at radius 1 is 1.04 bits per heavy atom. The molecule has 2 saturated heterocycles. The fraction of sp³-hybridized carbons (Fsp3) is 0.571. The fourth-order valence-corrected chi connectivity index (χ4v) is 5.90. The summed E-state index contributed by atoms with van der Waals surface area (Å²) in [4.78, 5) is 86.5. The number of methoxy groups -OCH3 is 1. The number of carbonyl (C=O) groups excluding carboxylic acids is 6. The average Bonchev–Trinajstić information content (AvgIpc) is 3.48. The first-order valence-electron chi connectivity index (χ1n) is 16.9. The third kappa shape index (κ3) is 10.3. The van der Waals surface area contributed by atoms with Gasteiger partial charge in [0.1, 0.15) is 29.1 Å². The third-order valence-corrected chi connectivity index (χ3v) is 8.36. The minimum absolute atomic E-state index is 0.0368. The Morgan fingerprint density at radius 2 is 1.73 bits per heavy atom. The Hall–Kier alpha value is -4.99. The number of aryl methyl sites for hydroxylation is 1. The lowest BCUT2D eigenvalue weighted by atomic mass is 10.1. The van der Waals surface area contributed by atoms with Gasteiger partial charge >= 0.3 is 18.0 Å². The second-order valence-electron chi connectivity index (χ2n) is 13.5. The minimum Gasteiger partial charge on any atom is -0.483 e. The summed E-state index contributed by atoms with van der Waals surface area (Å²) in [6.45, 7) is 9.24. The van der Waals surface area contributed by atoms with Crippen LogP contribution in [0, 0.1) is 6.92 Å². The maximum absolute atomic E-state index is 13.8. The number of nitrogens with one attached hydrogen (secondary N) is 1. The number of pyridine rings is 1. The van der Waals surface area contributed by atoms with E-state index in [1.165, 1.54) is 27.9 Å². The standard InChI is InChI=1S/C35H47N5O11/c1-7-49-34(47)39-14-12-38(13-15-39)32(45)24(10-11-30(43)51-35(3,4)5)37-31(44)26-18-28(23-9-8-21(2)16-25(23)36-26)50-20-29(42)40-19-22(41)17-27(40)33(46)48-6/h8-9,16,18,22,24,27,41H,7,10-15,17,19-20H2,1-6H3,(H,37,44). The summed E-state index contributed by atoms with van der Waals surface area (Å²) in [6, 6.07) is 4.54. The van der Waals surface area contributed by atoms with Crippen LogP contribution in [0.1, 0.15) is 63.0 Å². The lowest BCUT2D eigenvalue weighted by Crippen LogP contribution is -2.56. The molecule has 3 unspecified atom stereocenters. The highest BCUT2D eigenvalue weighted by atomic mass is 16.6. The third-order valence-electron chi connectivity index (χ3n) is 8.36. The molecular weight excluding hydrogens is 666 g/mol. The Labute approximate surface area is 296 Å². The molecular formula is C35H47N5O11. The Bertz CT molecular complexity index is 1630. The van der Waals surface area contributed by atoms with Gasteiger partial charge in [-0.15, -0.1) is 0 Å². The summed E-state index contributed by atoms with van der Waals surface area (Å²) in [5.74, 6) is -2.78. The number of hydrogen-bond donors (Lipinski definition) is 2. The first-order chi connectivity index (χ1) is 24.1. The number of aliphatic hydroxyl groups is 1. The molecule has 2 fully saturated rings. The maximum Gasteiger partial charge on any atom is 0.409 e. The predicted molar refractivity (Wildman–Crippen MR) is 182 cm³/mol. The van der Waals surface area contributed by atoms with Gasteiger partial charge in [-0.1, -0.05) is 6.07 Å². The number of aromatic nitrogens is 1. The van der Waals surface area contributed by atoms with Gasteiger partial charge in [0, 0.05) is 57.0 Å². The molecule has 2 N–H and O–H groups in total. The molecule has 0 aliphatic carbocycles. The molecule has 4 amide bonds. The number of likely N-dealkylation sites (tertiary alicyclic amines) is 1. The van der Waals surface area contributed by atoms with Crippen LogP contribution in [0.2, 0.25) is 0 Å². The van der Waals surface area contributed by atoms with Gasteiger partial charge in [0.05, 0.1) is 25.3 Å². The van der Waals surface area contributed by atoms with Gasteiger partial charge in [-0.25, -0.2) is 14.6 Å². The van der Waals surface area contributed by atoms with E-state index in [9.17, 15) is 33.9 Å². The van der Waals surface area contributed by atoms with Gasteiger partial charge in [0.15, 0.2) is 6.61 Å². The monoisotopic (exact) mass is 713 g/mol. The molecule has 16 nitrogen and oxygen atoms in total. The molecule has 16 heteroatoms. The van der Waals surface area contributed by atoms with Gasteiger partial charge in [-0.2, -0.15) is 0 Å². The first kappa shape index (κ1) is 38.8. The highest BCUT2D eigenvalue weighted by molar-refractivity contribution is 5.99. The number of esters is 2. The summed E-state index contributed by atoms with van der Waals surface area (Å²) in [5.41, 5.74) is 0.375. The summed E-state index contributed by atoms with van der Waals surface area (Å²) in [6.07, 6.45) is -1.56. The van der Waals surface area contributed by atoms with Crippen molar-refractivity contribution in [2.45, 2.75) is 77.7 Å². The van der Waals surface area contributed by atoms with Crippen LogP contribution in [0.25, 0.3) is 10.9 Å². The number of rotatable bonds is 11. The molecule has 2 aromatic rings. The Kier molecular flexibility index (Phi) is 12.8. The lowest BCUT2D eigenvalue weighted by molar-refractivity contribution is -0.155. The Morgan fingerprint density at radius 3 is 2.37 bits per heavy atom. The number of hydrogen-bond acceptors (Lipinski definition) is 12. The Balaban J connectivity index is 1.55. The van der Waals surface area contributed by atoms with E-state index >= 15 is 0 Å². The van der Waals surface area contributed by atoms with Crippen molar-refractivity contribution in [3.63, 3.8) is 0 Å². The van der Waals surface area contributed by atoms with E-state index in [1.807, 2.05) is 13.0 Å². The summed E-state index contributed by atoms with van der Waals surface area (Å²) in [7, 11) is 1.20. The highest BCUT2D eigenvalue weighted by Gasteiger charge is 2.40. The molecule has 3 atom stereocenters. The second-order valence-corrected chi connectivity index (χ2v) is 13.5. The molecule has 1 aromatic carbocycles. The van der Waals surface area contributed by atoms with Crippen LogP contribution in [0.15, 0.2) is 24.3 Å². The van der Waals surface area contributed by atoms with Gasteiger partial charge < -0.3 is 44.1 Å². The zero-order valence-corrected chi connectivity index (χ0v) is 29.9. The molecule has 4 rings (SSSR count). The van der Waals surface area contributed by atoms with Gasteiger partial charge in [0.25, 0.3) is 11.8 Å².